The SMILES string of the molecule is COc1cccc(CNc2cnc3ccccc3n2)c1. The molecule has 0 aliphatic heterocycles. The summed E-state index contributed by atoms with van der Waals surface area (Å²) in [5.74, 6) is 1.63. The second-order valence-corrected chi connectivity index (χ2v) is 4.45. The predicted molar refractivity (Wildman–Crippen MR) is 79.9 cm³/mol. The fraction of sp³-hybridized carbons (Fsp3) is 0.125. The van der Waals surface area contributed by atoms with Crippen LogP contribution < -0.4 is 10.1 Å². The molecule has 3 rings (SSSR count). The zero-order chi connectivity index (χ0) is 13.8. The Morgan fingerprint density at radius 3 is 2.75 bits per heavy atom. The van der Waals surface area contributed by atoms with Gasteiger partial charge in [-0.2, -0.15) is 0 Å². The van der Waals surface area contributed by atoms with Crippen LogP contribution in [0.25, 0.3) is 11.0 Å². The van der Waals surface area contributed by atoms with Crippen LogP contribution in [-0.2, 0) is 6.54 Å². The van der Waals surface area contributed by atoms with E-state index in [-0.39, 0.29) is 0 Å². The smallest absolute Gasteiger partial charge is 0.145 e. The van der Waals surface area contributed by atoms with Crippen molar-refractivity contribution in [2.24, 2.45) is 0 Å². The molecule has 20 heavy (non-hydrogen) atoms. The Bertz CT molecular complexity index is 727. The fourth-order valence-electron chi connectivity index (χ4n) is 2.02. The molecule has 0 amide bonds. The third kappa shape index (κ3) is 2.69. The monoisotopic (exact) mass is 265 g/mol. The van der Waals surface area contributed by atoms with Gasteiger partial charge in [0.1, 0.15) is 11.6 Å². The van der Waals surface area contributed by atoms with Crippen molar-refractivity contribution in [1.82, 2.24) is 9.97 Å². The molecule has 0 radical (unpaired) electrons. The minimum Gasteiger partial charge on any atom is -0.497 e. The minimum atomic E-state index is 0.685. The van der Waals surface area contributed by atoms with E-state index in [1.807, 2.05) is 48.5 Å². The summed E-state index contributed by atoms with van der Waals surface area (Å²) in [7, 11) is 1.67. The average molecular weight is 265 g/mol. The zero-order valence-electron chi connectivity index (χ0n) is 11.2. The second-order valence-electron chi connectivity index (χ2n) is 4.45. The van der Waals surface area contributed by atoms with Crippen LogP contribution in [0.3, 0.4) is 0 Å². The van der Waals surface area contributed by atoms with Gasteiger partial charge in [0, 0.05) is 6.54 Å². The van der Waals surface area contributed by atoms with Gasteiger partial charge in [0.2, 0.25) is 0 Å². The third-order valence-corrected chi connectivity index (χ3v) is 3.06. The van der Waals surface area contributed by atoms with Crippen molar-refractivity contribution in [1.29, 1.82) is 0 Å². The number of hydrogen-bond acceptors (Lipinski definition) is 4. The predicted octanol–water partition coefficient (Wildman–Crippen LogP) is 3.25. The largest absolute Gasteiger partial charge is 0.497 e. The van der Waals surface area contributed by atoms with Gasteiger partial charge in [-0.15, -0.1) is 0 Å². The molecule has 1 N–H and O–H groups in total. The van der Waals surface area contributed by atoms with Gasteiger partial charge in [0.25, 0.3) is 0 Å². The van der Waals surface area contributed by atoms with Crippen LogP contribution in [-0.4, -0.2) is 17.1 Å². The number of benzene rings is 2. The first kappa shape index (κ1) is 12.4. The van der Waals surface area contributed by atoms with Crippen LogP contribution in [0, 0.1) is 0 Å². The molecule has 100 valence electrons. The van der Waals surface area contributed by atoms with Crippen molar-refractivity contribution in [3.63, 3.8) is 0 Å². The van der Waals surface area contributed by atoms with Crippen molar-refractivity contribution in [2.75, 3.05) is 12.4 Å². The Labute approximate surface area is 117 Å². The summed E-state index contributed by atoms with van der Waals surface area (Å²) in [5, 5.41) is 3.28. The first-order chi connectivity index (χ1) is 9.85. The molecule has 0 bridgehead atoms. The molecule has 0 aliphatic rings. The van der Waals surface area contributed by atoms with E-state index in [9.17, 15) is 0 Å². The summed E-state index contributed by atoms with van der Waals surface area (Å²) in [6.07, 6.45) is 1.75. The number of fused-ring (bicyclic) bond motifs is 1. The number of nitrogens with zero attached hydrogens (tertiary/aromatic N) is 2. The van der Waals surface area contributed by atoms with Gasteiger partial charge < -0.3 is 10.1 Å². The molecule has 4 nitrogen and oxygen atoms in total. The normalized spacial score (nSPS) is 10.4. The summed E-state index contributed by atoms with van der Waals surface area (Å²) in [4.78, 5) is 8.91. The van der Waals surface area contributed by atoms with Crippen LogP contribution in [0.15, 0.2) is 54.7 Å². The quantitative estimate of drug-likeness (QED) is 0.786. The van der Waals surface area contributed by atoms with E-state index in [0.29, 0.717) is 6.54 Å². The maximum atomic E-state index is 5.21. The van der Waals surface area contributed by atoms with Gasteiger partial charge in [-0.05, 0) is 29.8 Å². The van der Waals surface area contributed by atoms with Crippen molar-refractivity contribution >= 4 is 16.9 Å². The second kappa shape index (κ2) is 5.57. The number of hydrogen-bond donors (Lipinski definition) is 1. The van der Waals surface area contributed by atoms with Crippen molar-refractivity contribution < 1.29 is 4.74 Å². The Kier molecular flexibility index (Phi) is 3.46. The molecular formula is C16H15N3O. The van der Waals surface area contributed by atoms with Gasteiger partial charge in [-0.3, -0.25) is 4.98 Å². The molecular weight excluding hydrogens is 250 g/mol. The Morgan fingerprint density at radius 2 is 1.90 bits per heavy atom. The third-order valence-electron chi connectivity index (χ3n) is 3.06. The average Bonchev–Trinajstić information content (AvgIpc) is 2.53. The molecule has 0 saturated carbocycles. The number of nitrogens with one attached hydrogen (secondary N) is 1. The van der Waals surface area contributed by atoms with Crippen LogP contribution >= 0.6 is 0 Å². The molecule has 4 heteroatoms. The molecule has 0 atom stereocenters. The van der Waals surface area contributed by atoms with Gasteiger partial charge >= 0.3 is 0 Å². The minimum absolute atomic E-state index is 0.685. The number of aromatic nitrogens is 2. The Hall–Kier alpha value is -2.62. The van der Waals surface area contributed by atoms with E-state index in [4.69, 9.17) is 4.74 Å². The Morgan fingerprint density at radius 1 is 1.05 bits per heavy atom. The van der Waals surface area contributed by atoms with Crippen LogP contribution in [0.1, 0.15) is 5.56 Å². The lowest BCUT2D eigenvalue weighted by Crippen LogP contribution is -2.02. The van der Waals surface area contributed by atoms with Crippen molar-refractivity contribution in [2.45, 2.75) is 6.54 Å². The lowest BCUT2D eigenvalue weighted by molar-refractivity contribution is 0.414. The highest BCUT2D eigenvalue weighted by atomic mass is 16.5. The maximum absolute atomic E-state index is 5.21. The maximum Gasteiger partial charge on any atom is 0.145 e. The molecule has 1 aromatic heterocycles. The number of ether oxygens (including phenoxy) is 1. The van der Waals surface area contributed by atoms with Crippen LogP contribution in [0.4, 0.5) is 5.82 Å². The molecule has 0 spiro atoms. The van der Waals surface area contributed by atoms with Gasteiger partial charge in [0.15, 0.2) is 0 Å². The summed E-state index contributed by atoms with van der Waals surface area (Å²) in [5.41, 5.74) is 2.93. The highest BCUT2D eigenvalue weighted by molar-refractivity contribution is 5.75. The highest BCUT2D eigenvalue weighted by Crippen LogP contribution is 2.15. The molecule has 0 fully saturated rings. The molecule has 0 aliphatic carbocycles. The van der Waals surface area contributed by atoms with Crippen molar-refractivity contribution in [3.05, 3.63) is 60.3 Å². The highest BCUT2D eigenvalue weighted by Gasteiger charge is 2.00. The van der Waals surface area contributed by atoms with E-state index in [1.54, 1.807) is 13.3 Å². The van der Waals surface area contributed by atoms with E-state index in [0.717, 1.165) is 28.2 Å². The van der Waals surface area contributed by atoms with E-state index in [2.05, 4.69) is 15.3 Å². The van der Waals surface area contributed by atoms with Gasteiger partial charge in [0.05, 0.1) is 24.3 Å². The zero-order valence-corrected chi connectivity index (χ0v) is 11.2. The number of rotatable bonds is 4. The fourth-order valence-corrected chi connectivity index (χ4v) is 2.02. The summed E-state index contributed by atoms with van der Waals surface area (Å²) in [6, 6.07) is 15.8. The van der Waals surface area contributed by atoms with Crippen LogP contribution in [0.2, 0.25) is 0 Å². The van der Waals surface area contributed by atoms with E-state index in [1.165, 1.54) is 0 Å². The van der Waals surface area contributed by atoms with Gasteiger partial charge in [-0.25, -0.2) is 4.98 Å². The topological polar surface area (TPSA) is 47.0 Å². The van der Waals surface area contributed by atoms with Crippen molar-refractivity contribution in [3.8, 4) is 5.75 Å². The number of methoxy groups -OCH3 is 1. The lowest BCUT2D eigenvalue weighted by atomic mass is 10.2. The van der Waals surface area contributed by atoms with E-state index < -0.39 is 0 Å². The van der Waals surface area contributed by atoms with Gasteiger partial charge in [-0.1, -0.05) is 24.3 Å². The molecule has 3 aromatic rings. The molecule has 2 aromatic carbocycles. The number of anilines is 1. The lowest BCUT2D eigenvalue weighted by Gasteiger charge is -2.07. The standard InChI is InChI=1S/C16H15N3O/c1-20-13-6-4-5-12(9-13)10-18-16-11-17-14-7-2-3-8-15(14)19-16/h2-9,11H,10H2,1H3,(H,18,19). The summed E-state index contributed by atoms with van der Waals surface area (Å²) in [6.45, 7) is 0.685. The molecule has 0 unspecified atom stereocenters. The molecule has 0 saturated heterocycles. The first-order valence-corrected chi connectivity index (χ1v) is 6.44. The summed E-state index contributed by atoms with van der Waals surface area (Å²) < 4.78 is 5.21. The molecule has 1 heterocycles. The van der Waals surface area contributed by atoms with E-state index >= 15 is 0 Å². The summed E-state index contributed by atoms with van der Waals surface area (Å²) >= 11 is 0. The number of para-hydroxylation sites is 2. The Balaban J connectivity index is 1.76. The first-order valence-electron chi connectivity index (χ1n) is 6.44. The van der Waals surface area contributed by atoms with Crippen LogP contribution in [0.5, 0.6) is 5.75 Å².